The molecule has 0 aromatic carbocycles. The van der Waals surface area contributed by atoms with E-state index in [0.717, 1.165) is 36.5 Å². The van der Waals surface area contributed by atoms with Gasteiger partial charge in [0, 0.05) is 18.0 Å². The van der Waals surface area contributed by atoms with E-state index in [0.29, 0.717) is 18.8 Å². The molecule has 0 saturated heterocycles. The van der Waals surface area contributed by atoms with Crippen LogP contribution in [0.2, 0.25) is 0 Å². The zero-order chi connectivity index (χ0) is 18.1. The number of carbonyl (C=O) groups is 1. The topological polar surface area (TPSA) is 86.8 Å². The van der Waals surface area contributed by atoms with E-state index in [-0.39, 0.29) is 12.1 Å². The molecule has 1 aliphatic heterocycles. The monoisotopic (exact) mass is 370 g/mol. The zero-order valence-electron chi connectivity index (χ0n) is 14.9. The molecule has 2 aliphatic rings. The minimum atomic E-state index is -0.0964. The van der Waals surface area contributed by atoms with Crippen LogP contribution in [0.5, 0.6) is 0 Å². The van der Waals surface area contributed by atoms with E-state index < -0.39 is 0 Å². The molecule has 26 heavy (non-hydrogen) atoms. The number of nitriles is 1. The molecule has 0 fully saturated rings. The summed E-state index contributed by atoms with van der Waals surface area (Å²) in [4.78, 5) is 20.7. The Bertz CT molecular complexity index is 840. The highest BCUT2D eigenvalue weighted by atomic mass is 32.1. The third-order valence-corrected chi connectivity index (χ3v) is 6.33. The number of carbonyl (C=O) groups excluding carboxylic acids is 1. The van der Waals surface area contributed by atoms with Crippen molar-refractivity contribution in [3.8, 4) is 6.07 Å². The van der Waals surface area contributed by atoms with Gasteiger partial charge in [-0.25, -0.2) is 9.78 Å². The summed E-state index contributed by atoms with van der Waals surface area (Å²) >= 11 is 1.74. The van der Waals surface area contributed by atoms with Crippen LogP contribution in [-0.4, -0.2) is 32.2 Å². The lowest BCUT2D eigenvalue weighted by Gasteiger charge is -2.22. The summed E-state index contributed by atoms with van der Waals surface area (Å²) in [5.74, 6) is 0. The van der Waals surface area contributed by atoms with Crippen molar-refractivity contribution in [3.63, 3.8) is 0 Å². The Morgan fingerprint density at radius 1 is 1.35 bits per heavy atom. The van der Waals surface area contributed by atoms with Gasteiger partial charge < -0.3 is 10.2 Å². The van der Waals surface area contributed by atoms with Gasteiger partial charge in [-0.15, -0.1) is 11.3 Å². The van der Waals surface area contributed by atoms with E-state index >= 15 is 0 Å². The van der Waals surface area contributed by atoms with Gasteiger partial charge in [0.05, 0.1) is 24.0 Å². The normalized spacial score (nSPS) is 17.6. The van der Waals surface area contributed by atoms with Gasteiger partial charge in [-0.1, -0.05) is 0 Å². The number of urea groups is 1. The highest BCUT2D eigenvalue weighted by Crippen LogP contribution is 2.29. The Morgan fingerprint density at radius 3 is 3.00 bits per heavy atom. The maximum Gasteiger partial charge on any atom is 0.318 e. The van der Waals surface area contributed by atoms with Crippen molar-refractivity contribution >= 4 is 17.4 Å². The predicted molar refractivity (Wildman–Crippen MR) is 97.7 cm³/mol. The Balaban J connectivity index is 1.44. The number of hydrogen-bond donors (Lipinski definition) is 1. The average Bonchev–Trinajstić information content (AvgIpc) is 3.20. The summed E-state index contributed by atoms with van der Waals surface area (Å²) in [6.07, 6.45) is 5.45. The minimum absolute atomic E-state index is 0.0844. The molecule has 0 spiro atoms. The van der Waals surface area contributed by atoms with Crippen molar-refractivity contribution in [2.45, 2.75) is 58.2 Å². The smallest absolute Gasteiger partial charge is 0.318 e. The van der Waals surface area contributed by atoms with Gasteiger partial charge in [0.15, 0.2) is 5.69 Å². The van der Waals surface area contributed by atoms with Crippen molar-refractivity contribution < 1.29 is 4.79 Å². The SMILES string of the molecule is C[C@H](NC(=O)N1CCCn2nc(C#N)cc2C1)c1nc2c(s1)CCCC2. The predicted octanol–water partition coefficient (Wildman–Crippen LogP) is 2.77. The van der Waals surface area contributed by atoms with Crippen molar-refractivity contribution in [1.29, 1.82) is 5.26 Å². The van der Waals surface area contributed by atoms with Crippen LogP contribution in [-0.2, 0) is 25.9 Å². The molecule has 2 aromatic rings. The number of fused-ring (bicyclic) bond motifs is 2. The Kier molecular flexibility index (Phi) is 4.64. The van der Waals surface area contributed by atoms with Gasteiger partial charge in [0.25, 0.3) is 0 Å². The number of nitrogens with one attached hydrogen (secondary N) is 1. The van der Waals surface area contributed by atoms with E-state index in [1.807, 2.05) is 11.6 Å². The second-order valence-electron chi connectivity index (χ2n) is 6.93. The third kappa shape index (κ3) is 3.31. The van der Waals surface area contributed by atoms with Crippen LogP contribution in [0, 0.1) is 11.3 Å². The van der Waals surface area contributed by atoms with Crippen LogP contribution >= 0.6 is 11.3 Å². The van der Waals surface area contributed by atoms with Crippen molar-refractivity contribution in [2.24, 2.45) is 0 Å². The summed E-state index contributed by atoms with van der Waals surface area (Å²) in [5.41, 5.74) is 2.54. The van der Waals surface area contributed by atoms with Gasteiger partial charge >= 0.3 is 6.03 Å². The molecule has 8 heteroatoms. The van der Waals surface area contributed by atoms with E-state index in [1.54, 1.807) is 22.3 Å². The summed E-state index contributed by atoms with van der Waals surface area (Å²) < 4.78 is 1.84. The standard InChI is InChI=1S/C18H22N6OS/c1-12(17-21-15-5-2-3-6-16(15)26-17)20-18(25)23-7-4-8-24-14(11-23)9-13(10-19)22-24/h9,12H,2-8,11H2,1H3,(H,20,25)/t12-/m0/s1. The quantitative estimate of drug-likeness (QED) is 0.880. The number of rotatable bonds is 2. The Hall–Kier alpha value is -2.40. The van der Waals surface area contributed by atoms with Crippen LogP contribution in [0.4, 0.5) is 4.79 Å². The summed E-state index contributed by atoms with van der Waals surface area (Å²) in [5, 5.41) is 17.4. The maximum atomic E-state index is 12.8. The van der Waals surface area contributed by atoms with Gasteiger partial charge in [-0.3, -0.25) is 4.68 Å². The van der Waals surface area contributed by atoms with E-state index in [1.165, 1.54) is 23.4 Å². The fraction of sp³-hybridized carbons (Fsp3) is 0.556. The molecule has 1 aliphatic carbocycles. The summed E-state index contributed by atoms with van der Waals surface area (Å²) in [6.45, 7) is 3.88. The molecule has 7 nitrogen and oxygen atoms in total. The molecule has 0 saturated carbocycles. The van der Waals surface area contributed by atoms with Crippen LogP contribution in [0.3, 0.4) is 0 Å². The van der Waals surface area contributed by atoms with Crippen LogP contribution < -0.4 is 5.32 Å². The van der Waals surface area contributed by atoms with Crippen LogP contribution in [0.25, 0.3) is 0 Å². The third-order valence-electron chi connectivity index (χ3n) is 4.99. The first-order valence-corrected chi connectivity index (χ1v) is 9.96. The Labute approximate surface area is 156 Å². The minimum Gasteiger partial charge on any atom is -0.329 e. The molecule has 1 N–H and O–H groups in total. The van der Waals surface area contributed by atoms with Gasteiger partial charge in [-0.2, -0.15) is 10.4 Å². The summed E-state index contributed by atoms with van der Waals surface area (Å²) in [6, 6.07) is 3.66. The fourth-order valence-electron chi connectivity index (χ4n) is 3.59. The van der Waals surface area contributed by atoms with Crippen LogP contribution in [0.15, 0.2) is 6.07 Å². The lowest BCUT2D eigenvalue weighted by Crippen LogP contribution is -2.40. The molecule has 3 heterocycles. The second kappa shape index (κ2) is 7.08. The second-order valence-corrected chi connectivity index (χ2v) is 8.05. The largest absolute Gasteiger partial charge is 0.329 e. The highest BCUT2D eigenvalue weighted by molar-refractivity contribution is 7.11. The van der Waals surface area contributed by atoms with Gasteiger partial charge in [-0.05, 0) is 45.1 Å². The first kappa shape index (κ1) is 17.0. The molecule has 4 rings (SSSR count). The molecule has 2 aromatic heterocycles. The average molecular weight is 370 g/mol. The van der Waals surface area contributed by atoms with E-state index in [4.69, 9.17) is 10.2 Å². The number of aryl methyl sites for hydroxylation is 3. The first-order chi connectivity index (χ1) is 12.6. The molecular formula is C18H22N6OS. The van der Waals surface area contributed by atoms with Gasteiger partial charge in [0.1, 0.15) is 11.1 Å². The molecule has 1 atom stereocenters. The Morgan fingerprint density at radius 2 is 2.19 bits per heavy atom. The van der Waals surface area contributed by atoms with Crippen molar-refractivity contribution in [3.05, 3.63) is 33.0 Å². The molecule has 0 unspecified atom stereocenters. The molecule has 136 valence electrons. The van der Waals surface area contributed by atoms with Crippen LogP contribution in [0.1, 0.15) is 59.2 Å². The first-order valence-electron chi connectivity index (χ1n) is 9.15. The molecule has 2 amide bonds. The number of hydrogen-bond acceptors (Lipinski definition) is 5. The number of aromatic nitrogens is 3. The van der Waals surface area contributed by atoms with E-state index in [9.17, 15) is 4.79 Å². The molecule has 0 radical (unpaired) electrons. The molecular weight excluding hydrogens is 348 g/mol. The maximum absolute atomic E-state index is 12.8. The van der Waals surface area contributed by atoms with Gasteiger partial charge in [0.2, 0.25) is 0 Å². The zero-order valence-corrected chi connectivity index (χ0v) is 15.7. The lowest BCUT2D eigenvalue weighted by atomic mass is 10.0. The van der Waals surface area contributed by atoms with E-state index in [2.05, 4.69) is 16.5 Å². The fourth-order valence-corrected chi connectivity index (χ4v) is 4.74. The number of amides is 2. The molecule has 0 bridgehead atoms. The highest BCUT2D eigenvalue weighted by Gasteiger charge is 2.24. The number of thiazole rings is 1. The lowest BCUT2D eigenvalue weighted by molar-refractivity contribution is 0.192. The summed E-state index contributed by atoms with van der Waals surface area (Å²) in [7, 11) is 0. The van der Waals surface area contributed by atoms with Crippen molar-refractivity contribution in [2.75, 3.05) is 6.54 Å². The number of nitrogens with zero attached hydrogens (tertiary/aromatic N) is 5. The van der Waals surface area contributed by atoms with Crippen molar-refractivity contribution in [1.82, 2.24) is 25.0 Å².